The van der Waals surface area contributed by atoms with Crippen molar-refractivity contribution in [2.45, 2.75) is 56.2 Å². The van der Waals surface area contributed by atoms with Gasteiger partial charge in [0.1, 0.15) is 5.82 Å². The number of halogens is 3. The van der Waals surface area contributed by atoms with E-state index in [4.69, 9.17) is 9.47 Å². The number of rotatable bonds is 9. The molecular weight excluding hydrogens is 459 g/mol. The van der Waals surface area contributed by atoms with Crippen molar-refractivity contribution in [1.82, 2.24) is 9.97 Å². The average molecular weight is 483 g/mol. The normalized spacial score (nSPS) is 18.8. The van der Waals surface area contributed by atoms with Crippen LogP contribution in [0.15, 0.2) is 6.07 Å². The quantitative estimate of drug-likeness (QED) is 0.294. The van der Waals surface area contributed by atoms with Crippen LogP contribution in [-0.4, -0.2) is 68.4 Å². The van der Waals surface area contributed by atoms with Gasteiger partial charge in [-0.05, 0) is 19.3 Å². The first-order valence-electron chi connectivity index (χ1n) is 10.0. The zero-order chi connectivity index (χ0) is 23.6. The molecule has 1 aromatic rings. The number of nitrogens with zero attached hydrogens (tertiary/aromatic N) is 3. The number of esters is 1. The molecule has 2 fully saturated rings. The number of hydrogen-bond acceptors (Lipinski definition) is 10. The number of methoxy groups -OCH3 is 1. The zero-order valence-electron chi connectivity index (χ0n) is 17.6. The minimum atomic E-state index is -5.99. The Kier molecular flexibility index (Phi) is 7.03. The largest absolute Gasteiger partial charge is 0.534 e. The molecule has 3 rings (SSSR count). The molecule has 0 radical (unpaired) electrons. The van der Waals surface area contributed by atoms with Crippen LogP contribution in [0.25, 0.3) is 0 Å². The van der Waals surface area contributed by atoms with Gasteiger partial charge in [-0.25, -0.2) is 4.79 Å². The smallest absolute Gasteiger partial charge is 0.466 e. The highest BCUT2D eigenvalue weighted by molar-refractivity contribution is 7.87. The molecule has 0 atom stereocenters. The standard InChI is InChI=1S/C18H24F3N3O7S/c1-3-10-29-12-4-8-24(9-5-12)13-11-14(30-17(6-7-17)15(25)28-2)23-16(22-13)31-32(26,27)18(19,20)21/h11-12H,3-10H2,1-2H3. The fraction of sp³-hybridized carbons (Fsp3) is 0.722. The lowest BCUT2D eigenvalue weighted by Crippen LogP contribution is -2.38. The first kappa shape index (κ1) is 24.3. The molecule has 1 aliphatic carbocycles. The minimum Gasteiger partial charge on any atom is -0.466 e. The van der Waals surface area contributed by atoms with Crippen LogP contribution in [0.1, 0.15) is 39.0 Å². The predicted octanol–water partition coefficient (Wildman–Crippen LogP) is 2.18. The minimum absolute atomic E-state index is 0.0409. The molecule has 0 amide bonds. The second-order valence-electron chi connectivity index (χ2n) is 7.48. The van der Waals surface area contributed by atoms with Gasteiger partial charge >= 0.3 is 27.6 Å². The van der Waals surface area contributed by atoms with Gasteiger partial charge in [-0.1, -0.05) is 6.92 Å². The molecule has 0 aromatic carbocycles. The number of carbonyl (C=O) groups is 1. The number of anilines is 1. The Labute approximate surface area is 183 Å². The molecule has 1 saturated carbocycles. The van der Waals surface area contributed by atoms with Crippen LogP contribution in [0, 0.1) is 0 Å². The average Bonchev–Trinajstić information content (AvgIpc) is 3.51. The summed E-state index contributed by atoms with van der Waals surface area (Å²) < 4.78 is 81.3. The summed E-state index contributed by atoms with van der Waals surface area (Å²) in [7, 11) is -4.82. The summed E-state index contributed by atoms with van der Waals surface area (Å²) in [5.41, 5.74) is -6.98. The van der Waals surface area contributed by atoms with E-state index in [0.717, 1.165) is 6.42 Å². The summed E-state index contributed by atoms with van der Waals surface area (Å²) in [6.07, 6.45) is 2.83. The van der Waals surface area contributed by atoms with Gasteiger partial charge in [0.15, 0.2) is 0 Å². The van der Waals surface area contributed by atoms with Gasteiger partial charge in [-0.3, -0.25) is 0 Å². The van der Waals surface area contributed by atoms with Crippen molar-refractivity contribution < 1.29 is 44.8 Å². The highest BCUT2D eigenvalue weighted by Gasteiger charge is 2.55. The Morgan fingerprint density at radius 3 is 2.44 bits per heavy atom. The molecule has 14 heteroatoms. The Bertz CT molecular complexity index is 930. The summed E-state index contributed by atoms with van der Waals surface area (Å²) in [5, 5.41) is 0. The van der Waals surface area contributed by atoms with Gasteiger partial charge in [0.05, 0.1) is 13.2 Å². The van der Waals surface area contributed by atoms with E-state index in [9.17, 15) is 26.4 Å². The monoisotopic (exact) mass is 483 g/mol. The Hall–Kier alpha value is -2.35. The zero-order valence-corrected chi connectivity index (χ0v) is 18.4. The lowest BCUT2D eigenvalue weighted by atomic mass is 10.1. The Balaban J connectivity index is 1.85. The Morgan fingerprint density at radius 1 is 1.25 bits per heavy atom. The van der Waals surface area contributed by atoms with Crippen LogP contribution in [0.5, 0.6) is 11.9 Å². The molecule has 0 spiro atoms. The number of piperidine rings is 1. The molecule has 32 heavy (non-hydrogen) atoms. The maximum Gasteiger partial charge on any atom is 0.534 e. The van der Waals surface area contributed by atoms with Crippen molar-refractivity contribution in [1.29, 1.82) is 0 Å². The van der Waals surface area contributed by atoms with Crippen molar-refractivity contribution in [2.24, 2.45) is 0 Å². The summed E-state index contributed by atoms with van der Waals surface area (Å²) in [4.78, 5) is 21.2. The van der Waals surface area contributed by atoms with E-state index in [1.165, 1.54) is 13.2 Å². The van der Waals surface area contributed by atoms with Crippen LogP contribution in [0.4, 0.5) is 19.0 Å². The van der Waals surface area contributed by atoms with Crippen molar-refractivity contribution in [3.8, 4) is 11.9 Å². The summed E-state index contributed by atoms with van der Waals surface area (Å²) in [6.45, 7) is 3.53. The van der Waals surface area contributed by atoms with Crippen LogP contribution >= 0.6 is 0 Å². The third-order valence-electron chi connectivity index (χ3n) is 5.02. The fourth-order valence-corrected chi connectivity index (χ4v) is 3.54. The highest BCUT2D eigenvalue weighted by atomic mass is 32.2. The molecule has 1 saturated heterocycles. The maximum atomic E-state index is 12.8. The lowest BCUT2D eigenvalue weighted by Gasteiger charge is -2.32. The van der Waals surface area contributed by atoms with E-state index in [2.05, 4.69) is 18.9 Å². The van der Waals surface area contributed by atoms with Crippen molar-refractivity contribution in [2.75, 3.05) is 31.7 Å². The van der Waals surface area contributed by atoms with E-state index in [0.29, 0.717) is 45.4 Å². The van der Waals surface area contributed by atoms with Crippen LogP contribution in [0.2, 0.25) is 0 Å². The highest BCUT2D eigenvalue weighted by Crippen LogP contribution is 2.42. The second kappa shape index (κ2) is 9.25. The molecule has 0 unspecified atom stereocenters. The summed E-state index contributed by atoms with van der Waals surface area (Å²) in [6, 6.07) is 0.267. The van der Waals surface area contributed by atoms with Crippen LogP contribution in [-0.2, 0) is 24.4 Å². The fourth-order valence-electron chi connectivity index (χ4n) is 3.17. The lowest BCUT2D eigenvalue weighted by molar-refractivity contribution is -0.151. The third-order valence-corrected chi connectivity index (χ3v) is 5.96. The van der Waals surface area contributed by atoms with Gasteiger partial charge < -0.3 is 23.3 Å². The molecule has 0 N–H and O–H groups in total. The van der Waals surface area contributed by atoms with Crippen LogP contribution < -0.4 is 13.8 Å². The number of aromatic nitrogens is 2. The summed E-state index contributed by atoms with van der Waals surface area (Å²) >= 11 is 0. The number of ether oxygens (including phenoxy) is 3. The molecule has 2 heterocycles. The van der Waals surface area contributed by atoms with Gasteiger partial charge in [0.2, 0.25) is 11.5 Å². The molecule has 10 nitrogen and oxygen atoms in total. The molecule has 0 bridgehead atoms. The number of carbonyl (C=O) groups excluding carboxylic acids is 1. The SMILES string of the molecule is CCCOC1CCN(c2cc(OC3(C(=O)OC)CC3)nc(OS(=O)(=O)C(F)(F)F)n2)CC1. The van der Waals surface area contributed by atoms with E-state index in [1.54, 1.807) is 4.90 Å². The van der Waals surface area contributed by atoms with Crippen LogP contribution in [0.3, 0.4) is 0 Å². The molecular formula is C18H24F3N3O7S. The van der Waals surface area contributed by atoms with Gasteiger partial charge in [-0.2, -0.15) is 31.6 Å². The Morgan fingerprint density at radius 2 is 1.91 bits per heavy atom. The maximum absolute atomic E-state index is 12.8. The van der Waals surface area contributed by atoms with E-state index in [1.807, 2.05) is 6.92 Å². The first-order valence-corrected chi connectivity index (χ1v) is 11.4. The molecule has 1 aromatic heterocycles. The van der Waals surface area contributed by atoms with E-state index in [-0.39, 0.29) is 17.8 Å². The number of alkyl halides is 3. The van der Waals surface area contributed by atoms with Gasteiger partial charge in [0.25, 0.3) is 0 Å². The first-order chi connectivity index (χ1) is 15.0. The number of hydrogen-bond donors (Lipinski definition) is 0. The molecule has 1 aliphatic heterocycles. The van der Waals surface area contributed by atoms with Crippen molar-refractivity contribution >= 4 is 21.9 Å². The second-order valence-corrected chi connectivity index (χ2v) is 9.01. The van der Waals surface area contributed by atoms with Gasteiger partial charge in [0, 0.05) is 38.6 Å². The predicted molar refractivity (Wildman–Crippen MR) is 104 cm³/mol. The molecule has 180 valence electrons. The van der Waals surface area contributed by atoms with Crippen molar-refractivity contribution in [3.63, 3.8) is 0 Å². The van der Waals surface area contributed by atoms with Gasteiger partial charge in [-0.15, -0.1) is 0 Å². The van der Waals surface area contributed by atoms with Crippen molar-refractivity contribution in [3.05, 3.63) is 6.07 Å². The van der Waals surface area contributed by atoms with E-state index < -0.39 is 33.2 Å². The topological polar surface area (TPSA) is 117 Å². The third kappa shape index (κ3) is 5.52. The summed E-state index contributed by atoms with van der Waals surface area (Å²) in [5.74, 6) is -0.858. The molecule has 2 aliphatic rings. The van der Waals surface area contributed by atoms with E-state index >= 15 is 0 Å².